The molecule has 0 saturated heterocycles. The van der Waals surface area contributed by atoms with Crippen molar-refractivity contribution in [3.63, 3.8) is 0 Å². The number of aryl methyl sites for hydroxylation is 1. The van der Waals surface area contributed by atoms with E-state index < -0.39 is 16.9 Å². The highest BCUT2D eigenvalue weighted by molar-refractivity contribution is 7.89. The maximum Gasteiger partial charge on any atom is 0.0847 e. The summed E-state index contributed by atoms with van der Waals surface area (Å²) >= 11 is 0. The fourth-order valence-corrected chi connectivity index (χ4v) is 3.19. The molecular formula is C19H28O2S. The molecule has 1 aromatic carbocycles. The standard InChI is InChI=1S/C19H28O2S/c1-4-6-8-10-19(15-17(20)9-7-5-2)22(21)18-13-11-16(3)12-14-18/h8,10-15,17,20H,4-7,9H2,1-3H3/t17-,22-/m0/s1. The van der Waals surface area contributed by atoms with Crippen LogP contribution in [0.15, 0.2) is 52.3 Å². The largest absolute Gasteiger partial charge is 0.389 e. The van der Waals surface area contributed by atoms with Gasteiger partial charge < -0.3 is 5.11 Å². The van der Waals surface area contributed by atoms with Crippen LogP contribution >= 0.6 is 0 Å². The van der Waals surface area contributed by atoms with Gasteiger partial charge in [-0.3, -0.25) is 0 Å². The first-order chi connectivity index (χ1) is 10.6. The Morgan fingerprint density at radius 2 is 1.91 bits per heavy atom. The Kier molecular flexibility index (Phi) is 9.02. The van der Waals surface area contributed by atoms with Crippen LogP contribution in [0.3, 0.4) is 0 Å². The Labute approximate surface area is 137 Å². The highest BCUT2D eigenvalue weighted by Gasteiger charge is 2.10. The molecule has 0 radical (unpaired) electrons. The molecule has 0 unspecified atom stereocenters. The second kappa shape index (κ2) is 10.5. The van der Waals surface area contributed by atoms with E-state index >= 15 is 0 Å². The highest BCUT2D eigenvalue weighted by Crippen LogP contribution is 2.18. The van der Waals surface area contributed by atoms with E-state index in [1.165, 1.54) is 0 Å². The van der Waals surface area contributed by atoms with Crippen LogP contribution in [-0.4, -0.2) is 15.4 Å². The number of aliphatic hydroxyl groups is 1. The van der Waals surface area contributed by atoms with Gasteiger partial charge in [-0.25, -0.2) is 4.21 Å². The van der Waals surface area contributed by atoms with E-state index in [1.54, 1.807) is 6.08 Å². The summed E-state index contributed by atoms with van der Waals surface area (Å²) in [5.74, 6) is 0. The predicted octanol–water partition coefficient (Wildman–Crippen LogP) is 4.89. The first kappa shape index (κ1) is 18.9. The van der Waals surface area contributed by atoms with Crippen molar-refractivity contribution < 1.29 is 9.32 Å². The van der Waals surface area contributed by atoms with Gasteiger partial charge in [-0.1, -0.05) is 56.9 Å². The minimum Gasteiger partial charge on any atom is -0.389 e. The number of aliphatic hydroxyl groups excluding tert-OH is 1. The average Bonchev–Trinajstić information content (AvgIpc) is 2.52. The third kappa shape index (κ3) is 6.71. The fraction of sp³-hybridized carbons (Fsp3) is 0.474. The quantitative estimate of drug-likeness (QED) is 0.657. The minimum absolute atomic E-state index is 0.532. The summed E-state index contributed by atoms with van der Waals surface area (Å²) in [6, 6.07) is 7.72. The molecule has 0 aliphatic carbocycles. The van der Waals surface area contributed by atoms with Crippen LogP contribution in [0.1, 0.15) is 51.5 Å². The molecule has 0 aliphatic rings. The van der Waals surface area contributed by atoms with Crippen LogP contribution in [-0.2, 0) is 10.8 Å². The van der Waals surface area contributed by atoms with Crippen LogP contribution in [0, 0.1) is 6.92 Å². The number of hydrogen-bond acceptors (Lipinski definition) is 2. The number of hydrogen-bond donors (Lipinski definition) is 1. The summed E-state index contributed by atoms with van der Waals surface area (Å²) in [7, 11) is -1.24. The van der Waals surface area contributed by atoms with E-state index in [0.29, 0.717) is 11.3 Å². The Morgan fingerprint density at radius 1 is 1.23 bits per heavy atom. The molecule has 0 aliphatic heterocycles. The van der Waals surface area contributed by atoms with Gasteiger partial charge in [0.05, 0.1) is 16.9 Å². The lowest BCUT2D eigenvalue weighted by Gasteiger charge is -2.09. The molecule has 1 aromatic rings. The zero-order chi connectivity index (χ0) is 16.4. The van der Waals surface area contributed by atoms with Gasteiger partial charge in [0.15, 0.2) is 0 Å². The van der Waals surface area contributed by atoms with E-state index in [2.05, 4.69) is 13.8 Å². The van der Waals surface area contributed by atoms with Crippen molar-refractivity contribution in [3.8, 4) is 0 Å². The van der Waals surface area contributed by atoms with Crippen molar-refractivity contribution in [2.75, 3.05) is 0 Å². The topological polar surface area (TPSA) is 37.3 Å². The molecule has 3 heteroatoms. The van der Waals surface area contributed by atoms with E-state index in [0.717, 1.165) is 36.1 Å². The van der Waals surface area contributed by atoms with Gasteiger partial charge in [-0.2, -0.15) is 0 Å². The van der Waals surface area contributed by atoms with Crippen molar-refractivity contribution in [2.45, 2.75) is 63.9 Å². The summed E-state index contributed by atoms with van der Waals surface area (Å²) in [5, 5.41) is 10.1. The zero-order valence-electron chi connectivity index (χ0n) is 13.9. The van der Waals surface area contributed by atoms with Gasteiger partial charge in [-0.15, -0.1) is 0 Å². The van der Waals surface area contributed by atoms with Gasteiger partial charge >= 0.3 is 0 Å². The summed E-state index contributed by atoms with van der Waals surface area (Å²) in [6.45, 7) is 6.23. The number of benzene rings is 1. The second-order valence-corrected chi connectivity index (χ2v) is 7.03. The molecular weight excluding hydrogens is 292 g/mol. The van der Waals surface area contributed by atoms with E-state index in [-0.39, 0.29) is 0 Å². The fourth-order valence-electron chi connectivity index (χ4n) is 2.03. The first-order valence-corrected chi connectivity index (χ1v) is 9.28. The first-order valence-electron chi connectivity index (χ1n) is 8.13. The lowest BCUT2D eigenvalue weighted by molar-refractivity contribution is 0.209. The molecule has 2 atom stereocenters. The molecule has 0 heterocycles. The predicted molar refractivity (Wildman–Crippen MR) is 95.3 cm³/mol. The van der Waals surface area contributed by atoms with Crippen molar-refractivity contribution in [2.24, 2.45) is 0 Å². The normalized spacial score (nSPS) is 15.2. The Balaban J connectivity index is 2.95. The third-order valence-corrected chi connectivity index (χ3v) is 4.80. The molecule has 0 amide bonds. The van der Waals surface area contributed by atoms with Crippen molar-refractivity contribution in [3.05, 3.63) is 53.0 Å². The molecule has 1 rings (SSSR count). The Bertz CT molecular complexity index is 515. The molecule has 122 valence electrons. The molecule has 0 spiro atoms. The SMILES string of the molecule is CCCC=CC(=C[C@@H](O)CCCC)[S@@](=O)c1ccc(C)cc1. The van der Waals surface area contributed by atoms with Gasteiger partial charge in [0, 0.05) is 9.80 Å². The zero-order valence-corrected chi connectivity index (χ0v) is 14.7. The Morgan fingerprint density at radius 3 is 2.50 bits per heavy atom. The molecule has 2 nitrogen and oxygen atoms in total. The molecule has 1 N–H and O–H groups in total. The third-order valence-electron chi connectivity index (χ3n) is 3.40. The van der Waals surface area contributed by atoms with Gasteiger partial charge in [0.2, 0.25) is 0 Å². The van der Waals surface area contributed by atoms with E-state index in [4.69, 9.17) is 0 Å². The molecule has 0 bridgehead atoms. The van der Waals surface area contributed by atoms with Crippen molar-refractivity contribution in [1.82, 2.24) is 0 Å². The molecule has 0 aromatic heterocycles. The summed E-state index contributed by atoms with van der Waals surface area (Å²) in [6.07, 6.45) is 9.89. The van der Waals surface area contributed by atoms with E-state index in [1.807, 2.05) is 43.3 Å². The lowest BCUT2D eigenvalue weighted by atomic mass is 10.1. The van der Waals surface area contributed by atoms with Gasteiger partial charge in [-0.05, 0) is 44.1 Å². The highest BCUT2D eigenvalue weighted by atomic mass is 32.2. The maximum absolute atomic E-state index is 12.7. The van der Waals surface area contributed by atoms with E-state index in [9.17, 15) is 9.32 Å². The summed E-state index contributed by atoms with van der Waals surface area (Å²) in [4.78, 5) is 1.47. The van der Waals surface area contributed by atoms with Gasteiger partial charge in [0.1, 0.15) is 0 Å². The Hall–Kier alpha value is -1.19. The number of allylic oxidation sites excluding steroid dienone is 2. The monoisotopic (exact) mass is 320 g/mol. The number of rotatable bonds is 9. The van der Waals surface area contributed by atoms with Crippen molar-refractivity contribution in [1.29, 1.82) is 0 Å². The minimum atomic E-state index is -1.24. The maximum atomic E-state index is 12.7. The van der Waals surface area contributed by atoms with Crippen LogP contribution in [0.2, 0.25) is 0 Å². The average molecular weight is 320 g/mol. The summed E-state index contributed by atoms with van der Waals surface area (Å²) < 4.78 is 12.7. The van der Waals surface area contributed by atoms with Gasteiger partial charge in [0.25, 0.3) is 0 Å². The number of unbranched alkanes of at least 4 members (excludes halogenated alkanes) is 2. The lowest BCUT2D eigenvalue weighted by Crippen LogP contribution is -2.05. The molecule has 0 fully saturated rings. The smallest absolute Gasteiger partial charge is 0.0847 e. The molecule has 0 saturated carbocycles. The van der Waals surface area contributed by atoms with Crippen LogP contribution in [0.4, 0.5) is 0 Å². The summed E-state index contributed by atoms with van der Waals surface area (Å²) in [5.41, 5.74) is 1.15. The van der Waals surface area contributed by atoms with Crippen LogP contribution in [0.5, 0.6) is 0 Å². The molecule has 22 heavy (non-hydrogen) atoms. The van der Waals surface area contributed by atoms with Crippen LogP contribution in [0.25, 0.3) is 0 Å². The van der Waals surface area contributed by atoms with Crippen LogP contribution < -0.4 is 0 Å². The second-order valence-electron chi connectivity index (χ2n) is 5.55. The van der Waals surface area contributed by atoms with Crippen molar-refractivity contribution >= 4 is 10.8 Å².